The van der Waals surface area contributed by atoms with Crippen LogP contribution >= 0.6 is 68.9 Å². The molecule has 4 aromatic heterocycles. The summed E-state index contributed by atoms with van der Waals surface area (Å²) in [6.45, 7) is 0. The molecule has 6 heteroatoms. The Hall–Kier alpha value is -1.02. The van der Waals surface area contributed by atoms with Crippen LogP contribution in [0.1, 0.15) is 9.75 Å². The Balaban J connectivity index is 1.37. The molecule has 1 aliphatic heterocycles. The van der Waals surface area contributed by atoms with Crippen molar-refractivity contribution >= 4 is 78.7 Å². The van der Waals surface area contributed by atoms with Crippen LogP contribution in [0, 0.1) is 0 Å². The third-order valence-electron chi connectivity index (χ3n) is 3.80. The minimum absolute atomic E-state index is 1.35. The summed E-state index contributed by atoms with van der Waals surface area (Å²) in [5.41, 5.74) is 0. The highest BCUT2D eigenvalue weighted by Gasteiger charge is 2.17. The van der Waals surface area contributed by atoms with Gasteiger partial charge in [-0.25, -0.2) is 0 Å². The molecule has 4 aromatic rings. The fraction of sp³-hybridized carbons (Fsp3) is 0. The molecule has 0 unspecified atom stereocenters. The van der Waals surface area contributed by atoms with Crippen LogP contribution in [-0.4, -0.2) is 0 Å². The summed E-state index contributed by atoms with van der Waals surface area (Å²) in [5, 5.41) is 8.82. The SMILES string of the molecule is C1=C(c2ccc(-c3cccs3)s2)SC(c2ccc(-c3cccs3)s2)=CS1. The Kier molecular flexibility index (Phi) is 4.96. The highest BCUT2D eigenvalue weighted by molar-refractivity contribution is 8.20. The molecular formula is C20H12S6. The largest absolute Gasteiger partial charge is 0.143 e. The van der Waals surface area contributed by atoms with Crippen molar-refractivity contribution in [3.8, 4) is 19.5 Å². The molecule has 0 radical (unpaired) electrons. The Morgan fingerprint density at radius 2 is 1.00 bits per heavy atom. The zero-order chi connectivity index (χ0) is 17.3. The summed E-state index contributed by atoms with van der Waals surface area (Å²) < 4.78 is 0. The molecule has 0 aliphatic carbocycles. The molecule has 0 fully saturated rings. The molecular weight excluding hydrogens is 433 g/mol. The second-order valence-corrected chi connectivity index (χ2v) is 11.4. The van der Waals surface area contributed by atoms with Crippen LogP contribution in [-0.2, 0) is 0 Å². The zero-order valence-corrected chi connectivity index (χ0v) is 18.3. The van der Waals surface area contributed by atoms with Crippen LogP contribution in [0.5, 0.6) is 0 Å². The first-order valence-corrected chi connectivity index (χ1v) is 13.0. The normalized spacial score (nSPS) is 14.3. The highest BCUT2D eigenvalue weighted by atomic mass is 32.2. The Morgan fingerprint density at radius 3 is 1.46 bits per heavy atom. The quantitative estimate of drug-likeness (QED) is 0.308. The first-order valence-electron chi connectivity index (χ1n) is 7.89. The Bertz CT molecular complexity index is 987. The van der Waals surface area contributed by atoms with Crippen molar-refractivity contribution in [2.45, 2.75) is 0 Å². The van der Waals surface area contributed by atoms with E-state index in [-0.39, 0.29) is 0 Å². The van der Waals surface area contributed by atoms with Crippen molar-refractivity contribution in [2.75, 3.05) is 0 Å². The van der Waals surface area contributed by atoms with Gasteiger partial charge in [-0.1, -0.05) is 23.9 Å². The number of rotatable bonds is 4. The van der Waals surface area contributed by atoms with E-state index in [0.717, 1.165) is 0 Å². The van der Waals surface area contributed by atoms with Crippen LogP contribution in [0.25, 0.3) is 29.3 Å². The van der Waals surface area contributed by atoms with E-state index in [1.807, 2.05) is 34.4 Å². The molecule has 5 heterocycles. The van der Waals surface area contributed by atoms with Gasteiger partial charge in [0.15, 0.2) is 0 Å². The molecule has 0 N–H and O–H groups in total. The number of thioether (sulfide) groups is 2. The van der Waals surface area contributed by atoms with E-state index in [0.29, 0.717) is 0 Å². The van der Waals surface area contributed by atoms with Gasteiger partial charge in [-0.05, 0) is 58.0 Å². The minimum atomic E-state index is 1.35. The highest BCUT2D eigenvalue weighted by Crippen LogP contribution is 2.50. The zero-order valence-electron chi connectivity index (χ0n) is 13.4. The van der Waals surface area contributed by atoms with E-state index in [2.05, 4.69) is 70.1 Å². The van der Waals surface area contributed by atoms with Crippen LogP contribution < -0.4 is 0 Å². The van der Waals surface area contributed by atoms with Gasteiger partial charge < -0.3 is 0 Å². The molecule has 0 atom stereocenters. The second-order valence-electron chi connectivity index (χ2n) is 5.48. The van der Waals surface area contributed by atoms with Gasteiger partial charge in [0.25, 0.3) is 0 Å². The molecule has 0 amide bonds. The smallest absolute Gasteiger partial charge is 0.0449 e. The summed E-state index contributed by atoms with van der Waals surface area (Å²) in [4.78, 5) is 10.8. The third kappa shape index (κ3) is 3.42. The molecule has 0 bridgehead atoms. The number of hydrogen-bond donors (Lipinski definition) is 0. The molecule has 26 heavy (non-hydrogen) atoms. The topological polar surface area (TPSA) is 0 Å². The van der Waals surface area contributed by atoms with Gasteiger partial charge in [0.2, 0.25) is 0 Å². The van der Waals surface area contributed by atoms with E-state index >= 15 is 0 Å². The lowest BCUT2D eigenvalue weighted by Gasteiger charge is -2.11. The van der Waals surface area contributed by atoms with Crippen molar-refractivity contribution in [2.24, 2.45) is 0 Å². The van der Waals surface area contributed by atoms with Gasteiger partial charge in [-0.3, -0.25) is 0 Å². The average molecular weight is 445 g/mol. The maximum Gasteiger partial charge on any atom is 0.0449 e. The lowest BCUT2D eigenvalue weighted by molar-refractivity contribution is 1.90. The molecule has 0 spiro atoms. The Morgan fingerprint density at radius 1 is 0.500 bits per heavy atom. The molecule has 1 aliphatic rings. The fourth-order valence-corrected chi connectivity index (χ4v) is 8.60. The maximum atomic E-state index is 2.27. The number of thiophene rings is 4. The number of hydrogen-bond acceptors (Lipinski definition) is 6. The molecule has 0 saturated carbocycles. The van der Waals surface area contributed by atoms with Crippen molar-refractivity contribution in [3.63, 3.8) is 0 Å². The van der Waals surface area contributed by atoms with Gasteiger partial charge in [0.1, 0.15) is 0 Å². The molecule has 5 rings (SSSR count). The third-order valence-corrected chi connectivity index (χ3v) is 10.6. The molecule has 0 saturated heterocycles. The van der Waals surface area contributed by atoms with Crippen molar-refractivity contribution in [3.05, 3.63) is 79.9 Å². The predicted octanol–water partition coefficient (Wildman–Crippen LogP) is 9.04. The molecule has 0 nitrogen and oxygen atoms in total. The van der Waals surface area contributed by atoms with Gasteiger partial charge in [-0.15, -0.1) is 57.1 Å². The molecule has 0 aromatic carbocycles. The van der Waals surface area contributed by atoms with Gasteiger partial charge in [0.05, 0.1) is 0 Å². The Labute approximate surface area is 176 Å². The first kappa shape index (κ1) is 17.1. The molecule has 128 valence electrons. The summed E-state index contributed by atoms with van der Waals surface area (Å²) in [6.07, 6.45) is 0. The minimum Gasteiger partial charge on any atom is -0.143 e. The van der Waals surface area contributed by atoms with Gasteiger partial charge >= 0.3 is 0 Å². The monoisotopic (exact) mass is 444 g/mol. The summed E-state index contributed by atoms with van der Waals surface area (Å²) in [7, 11) is 0. The second kappa shape index (κ2) is 7.54. The predicted molar refractivity (Wildman–Crippen MR) is 126 cm³/mol. The first-order chi connectivity index (χ1) is 12.9. The van der Waals surface area contributed by atoms with E-state index in [1.54, 1.807) is 34.4 Å². The van der Waals surface area contributed by atoms with Crippen molar-refractivity contribution in [1.82, 2.24) is 0 Å². The average Bonchev–Trinajstić information content (AvgIpc) is 3.49. The van der Waals surface area contributed by atoms with Crippen molar-refractivity contribution < 1.29 is 0 Å². The van der Waals surface area contributed by atoms with E-state index in [1.165, 1.54) is 39.1 Å². The summed E-state index contributed by atoms with van der Waals surface area (Å²) in [5.74, 6) is 0. The lowest BCUT2D eigenvalue weighted by Crippen LogP contribution is -1.80. The van der Waals surface area contributed by atoms with Gasteiger partial charge in [-0.2, -0.15) is 0 Å². The van der Waals surface area contributed by atoms with Crippen LogP contribution in [0.3, 0.4) is 0 Å². The van der Waals surface area contributed by atoms with Crippen molar-refractivity contribution in [1.29, 1.82) is 0 Å². The fourth-order valence-electron chi connectivity index (χ4n) is 2.58. The van der Waals surface area contributed by atoms with E-state index in [9.17, 15) is 0 Å². The maximum absolute atomic E-state index is 2.27. The van der Waals surface area contributed by atoms with Crippen LogP contribution in [0.2, 0.25) is 0 Å². The van der Waals surface area contributed by atoms with Gasteiger partial charge in [0, 0.05) is 39.1 Å². The van der Waals surface area contributed by atoms with Crippen LogP contribution in [0.4, 0.5) is 0 Å². The standard InChI is InChI=1S/C20H12S6/c1-3-13(22-9-1)15-5-7-17(24-15)19-11-21-12-20(26-19)18-8-6-16(25-18)14-4-2-10-23-14/h1-12H. The summed E-state index contributed by atoms with van der Waals surface area (Å²) >= 11 is 11.1. The van der Waals surface area contributed by atoms with E-state index < -0.39 is 0 Å². The summed E-state index contributed by atoms with van der Waals surface area (Å²) in [6, 6.07) is 17.6. The lowest BCUT2D eigenvalue weighted by atomic mass is 10.3. The van der Waals surface area contributed by atoms with E-state index in [4.69, 9.17) is 0 Å². The van der Waals surface area contributed by atoms with Crippen LogP contribution in [0.15, 0.2) is 70.1 Å².